The third kappa shape index (κ3) is 4.83. The molecule has 0 bridgehead atoms. The van der Waals surface area contributed by atoms with Crippen LogP contribution in [0.5, 0.6) is 0 Å². The van der Waals surface area contributed by atoms with E-state index in [0.29, 0.717) is 17.1 Å². The molecular weight excluding hydrogens is 479 g/mol. The fourth-order valence-corrected chi connectivity index (χ4v) is 3.64. The molecule has 1 aromatic heterocycles. The number of carbonyl (C=O) groups is 3. The summed E-state index contributed by atoms with van der Waals surface area (Å²) in [6, 6.07) is 15.8. The number of benzene rings is 2. The number of anilines is 3. The number of halogens is 2. The molecule has 1 fully saturated rings. The van der Waals surface area contributed by atoms with Crippen LogP contribution in [0, 0.1) is 11.7 Å². The Hall–Kier alpha value is -3.59. The average Bonchev–Trinajstić information content (AvgIpc) is 3.17. The molecule has 0 saturated carbocycles. The van der Waals surface area contributed by atoms with Crippen LogP contribution in [-0.4, -0.2) is 29.3 Å². The fourth-order valence-electron chi connectivity index (χ4n) is 3.41. The number of hydrogen-bond acceptors (Lipinski definition) is 4. The minimum absolute atomic E-state index is 0.0183. The zero-order chi connectivity index (χ0) is 22.7. The van der Waals surface area contributed by atoms with Crippen molar-refractivity contribution in [3.63, 3.8) is 0 Å². The molecule has 162 valence electrons. The van der Waals surface area contributed by atoms with Gasteiger partial charge in [0.05, 0.1) is 11.6 Å². The predicted octanol–water partition coefficient (Wildman–Crippen LogP) is 4.23. The Morgan fingerprint density at radius 1 is 1.06 bits per heavy atom. The van der Waals surface area contributed by atoms with Gasteiger partial charge >= 0.3 is 0 Å². The highest BCUT2D eigenvalue weighted by Crippen LogP contribution is 2.28. The third-order valence-electron chi connectivity index (χ3n) is 5.00. The summed E-state index contributed by atoms with van der Waals surface area (Å²) in [4.78, 5) is 43.0. The molecule has 2 N–H and O–H groups in total. The lowest BCUT2D eigenvalue weighted by atomic mass is 10.1. The van der Waals surface area contributed by atoms with Crippen molar-refractivity contribution >= 4 is 50.8 Å². The molecule has 2 heterocycles. The number of nitrogens with one attached hydrogen (secondary N) is 2. The van der Waals surface area contributed by atoms with Gasteiger partial charge in [-0.05, 0) is 58.4 Å². The maximum atomic E-state index is 14.0. The summed E-state index contributed by atoms with van der Waals surface area (Å²) in [7, 11) is 0. The molecule has 1 aliphatic heterocycles. The van der Waals surface area contributed by atoms with E-state index in [0.717, 1.165) is 4.47 Å². The number of para-hydroxylation sites is 1. The van der Waals surface area contributed by atoms with Crippen molar-refractivity contribution in [3.05, 3.63) is 82.7 Å². The molecule has 9 heteroatoms. The fraction of sp³-hybridized carbons (Fsp3) is 0.130. The van der Waals surface area contributed by atoms with Crippen molar-refractivity contribution in [1.29, 1.82) is 0 Å². The molecule has 1 saturated heterocycles. The van der Waals surface area contributed by atoms with E-state index < -0.39 is 11.7 Å². The van der Waals surface area contributed by atoms with Crippen molar-refractivity contribution in [3.8, 4) is 0 Å². The van der Waals surface area contributed by atoms with Crippen LogP contribution in [-0.2, 0) is 9.59 Å². The normalized spacial score (nSPS) is 15.5. The number of pyridine rings is 1. The standard InChI is InChI=1S/C23H18BrFN4O3/c24-16-8-9-20(26-12-16)28-22(31)14-4-3-5-17(10-14)27-23(32)15-11-21(30)29(13-15)19-7-2-1-6-18(19)25/h1-10,12,15H,11,13H2,(H,27,32)(H,26,28,31). The Labute approximate surface area is 191 Å². The van der Waals surface area contributed by atoms with E-state index in [1.165, 1.54) is 23.1 Å². The van der Waals surface area contributed by atoms with Gasteiger partial charge in [-0.15, -0.1) is 0 Å². The highest BCUT2D eigenvalue weighted by atomic mass is 79.9. The second-order valence-corrected chi connectivity index (χ2v) is 8.16. The monoisotopic (exact) mass is 496 g/mol. The van der Waals surface area contributed by atoms with Gasteiger partial charge in [0, 0.05) is 34.9 Å². The van der Waals surface area contributed by atoms with Gasteiger partial charge < -0.3 is 15.5 Å². The van der Waals surface area contributed by atoms with Crippen molar-refractivity contribution in [2.45, 2.75) is 6.42 Å². The number of hydrogen-bond donors (Lipinski definition) is 2. The maximum absolute atomic E-state index is 14.0. The van der Waals surface area contributed by atoms with Crippen molar-refractivity contribution in [1.82, 2.24) is 4.98 Å². The first-order chi connectivity index (χ1) is 15.4. The minimum Gasteiger partial charge on any atom is -0.326 e. The van der Waals surface area contributed by atoms with Gasteiger partial charge in [-0.3, -0.25) is 14.4 Å². The van der Waals surface area contributed by atoms with E-state index in [9.17, 15) is 18.8 Å². The van der Waals surface area contributed by atoms with E-state index in [4.69, 9.17) is 0 Å². The van der Waals surface area contributed by atoms with Crippen LogP contribution in [0.15, 0.2) is 71.3 Å². The summed E-state index contributed by atoms with van der Waals surface area (Å²) in [5.74, 6) is -1.81. The topological polar surface area (TPSA) is 91.4 Å². The van der Waals surface area contributed by atoms with Crippen molar-refractivity contribution < 1.29 is 18.8 Å². The summed E-state index contributed by atoms with van der Waals surface area (Å²) >= 11 is 3.28. The van der Waals surface area contributed by atoms with Crippen LogP contribution >= 0.6 is 15.9 Å². The predicted molar refractivity (Wildman–Crippen MR) is 122 cm³/mol. The summed E-state index contributed by atoms with van der Waals surface area (Å²) in [6.07, 6.45) is 1.55. The van der Waals surface area contributed by atoms with Gasteiger partial charge in [0.2, 0.25) is 11.8 Å². The zero-order valence-electron chi connectivity index (χ0n) is 16.7. The minimum atomic E-state index is -0.633. The molecule has 4 rings (SSSR count). The SMILES string of the molecule is O=C(Nc1ccc(Br)cn1)c1cccc(NC(=O)C2CC(=O)N(c3ccccc3F)C2)c1. The van der Waals surface area contributed by atoms with Crippen molar-refractivity contribution in [2.24, 2.45) is 5.92 Å². The van der Waals surface area contributed by atoms with E-state index in [2.05, 4.69) is 31.5 Å². The van der Waals surface area contributed by atoms with Gasteiger partial charge in [0.1, 0.15) is 11.6 Å². The number of amides is 3. The van der Waals surface area contributed by atoms with Gasteiger partial charge in [-0.25, -0.2) is 9.37 Å². The lowest BCUT2D eigenvalue weighted by molar-refractivity contribution is -0.122. The van der Waals surface area contributed by atoms with Crippen LogP contribution in [0.3, 0.4) is 0 Å². The van der Waals surface area contributed by atoms with E-state index in [1.54, 1.807) is 48.7 Å². The highest BCUT2D eigenvalue weighted by Gasteiger charge is 2.36. The van der Waals surface area contributed by atoms with E-state index in [-0.39, 0.29) is 36.4 Å². The van der Waals surface area contributed by atoms with Crippen molar-refractivity contribution in [2.75, 3.05) is 22.1 Å². The summed E-state index contributed by atoms with van der Waals surface area (Å²) in [6.45, 7) is 0.0843. The first kappa shape index (κ1) is 21.6. The molecule has 3 amide bonds. The maximum Gasteiger partial charge on any atom is 0.256 e. The Morgan fingerprint density at radius 2 is 1.88 bits per heavy atom. The molecule has 1 atom stereocenters. The quantitative estimate of drug-likeness (QED) is 0.552. The summed E-state index contributed by atoms with van der Waals surface area (Å²) in [5.41, 5.74) is 0.916. The Bertz CT molecular complexity index is 1190. The molecule has 0 aliphatic carbocycles. The number of carbonyl (C=O) groups excluding carboxylic acids is 3. The Balaban J connectivity index is 1.41. The Kier molecular flexibility index (Phi) is 6.27. The molecule has 2 aromatic carbocycles. The van der Waals surface area contributed by atoms with Crippen LogP contribution < -0.4 is 15.5 Å². The lowest BCUT2D eigenvalue weighted by Crippen LogP contribution is -2.28. The largest absolute Gasteiger partial charge is 0.326 e. The van der Waals surface area contributed by atoms with Crippen LogP contribution in [0.25, 0.3) is 0 Å². The molecule has 3 aromatic rings. The van der Waals surface area contributed by atoms with Gasteiger partial charge in [-0.2, -0.15) is 0 Å². The Morgan fingerprint density at radius 3 is 2.62 bits per heavy atom. The van der Waals surface area contributed by atoms with E-state index >= 15 is 0 Å². The molecule has 7 nitrogen and oxygen atoms in total. The van der Waals surface area contributed by atoms with Crippen LogP contribution in [0.2, 0.25) is 0 Å². The lowest BCUT2D eigenvalue weighted by Gasteiger charge is -2.17. The molecule has 1 aliphatic rings. The van der Waals surface area contributed by atoms with Crippen LogP contribution in [0.1, 0.15) is 16.8 Å². The first-order valence-electron chi connectivity index (χ1n) is 9.79. The molecule has 1 unspecified atom stereocenters. The highest BCUT2D eigenvalue weighted by molar-refractivity contribution is 9.10. The van der Waals surface area contributed by atoms with E-state index in [1.807, 2.05) is 0 Å². The molecule has 0 spiro atoms. The second-order valence-electron chi connectivity index (χ2n) is 7.24. The number of rotatable bonds is 5. The zero-order valence-corrected chi connectivity index (χ0v) is 18.3. The molecular formula is C23H18BrFN4O3. The van der Waals surface area contributed by atoms with Crippen LogP contribution in [0.4, 0.5) is 21.6 Å². The average molecular weight is 497 g/mol. The second kappa shape index (κ2) is 9.27. The first-order valence-corrected chi connectivity index (χ1v) is 10.6. The number of nitrogens with zero attached hydrogens (tertiary/aromatic N) is 2. The molecule has 0 radical (unpaired) electrons. The van der Waals surface area contributed by atoms with Gasteiger partial charge in [-0.1, -0.05) is 18.2 Å². The number of aromatic nitrogens is 1. The smallest absolute Gasteiger partial charge is 0.256 e. The summed E-state index contributed by atoms with van der Waals surface area (Å²) in [5, 5.41) is 5.43. The molecule has 32 heavy (non-hydrogen) atoms. The summed E-state index contributed by atoms with van der Waals surface area (Å²) < 4.78 is 14.8. The third-order valence-corrected chi connectivity index (χ3v) is 5.47. The van der Waals surface area contributed by atoms with Gasteiger partial charge in [0.15, 0.2) is 0 Å². The van der Waals surface area contributed by atoms with Gasteiger partial charge in [0.25, 0.3) is 5.91 Å².